The lowest BCUT2D eigenvalue weighted by Crippen LogP contribution is -2.22. The average molecular weight is 492 g/mol. The second kappa shape index (κ2) is 10.6. The zero-order chi connectivity index (χ0) is 24.8. The summed E-state index contributed by atoms with van der Waals surface area (Å²) in [7, 11) is 0.465. The maximum Gasteiger partial charge on any atom is 0.275 e. The average Bonchev–Trinajstić information content (AvgIpc) is 3.23. The van der Waals surface area contributed by atoms with E-state index in [4.69, 9.17) is 9.47 Å². The van der Waals surface area contributed by atoms with Gasteiger partial charge < -0.3 is 20.1 Å². The number of methoxy groups -OCH3 is 1. The van der Waals surface area contributed by atoms with Crippen molar-refractivity contribution in [2.24, 2.45) is 0 Å². The van der Waals surface area contributed by atoms with Gasteiger partial charge in [0.15, 0.2) is 0 Å². The molecule has 1 aromatic carbocycles. The van der Waals surface area contributed by atoms with Gasteiger partial charge in [0.2, 0.25) is 0 Å². The molecule has 1 amide bonds. The number of fused-ring (bicyclic) bond motifs is 1. The Balaban J connectivity index is 1.48. The number of amides is 1. The summed E-state index contributed by atoms with van der Waals surface area (Å²) < 4.78 is 13.3. The summed E-state index contributed by atoms with van der Waals surface area (Å²) in [5, 5.41) is 11.4. The van der Waals surface area contributed by atoms with Crippen LogP contribution in [-0.2, 0) is 11.5 Å². The number of carbonyl (C=O) groups excluding carboxylic acids is 1. The Kier molecular flexibility index (Phi) is 7.37. The molecule has 0 aliphatic rings. The number of rotatable bonds is 10. The molecule has 35 heavy (non-hydrogen) atoms. The third-order valence-electron chi connectivity index (χ3n) is 5.24. The minimum atomic E-state index is -1.14. The molecule has 11 heteroatoms. The van der Waals surface area contributed by atoms with Crippen LogP contribution in [0, 0.1) is 0 Å². The summed E-state index contributed by atoms with van der Waals surface area (Å²) in [6.07, 6.45) is 4.73. The number of ether oxygens (including phenoxy) is 2. The molecule has 4 aromatic rings. The molecule has 10 nitrogen and oxygen atoms in total. The quantitative estimate of drug-likeness (QED) is 0.245. The molecule has 0 aliphatic heterocycles. The minimum absolute atomic E-state index is 0.300. The van der Waals surface area contributed by atoms with Crippen LogP contribution in [0.3, 0.4) is 0 Å². The van der Waals surface area contributed by atoms with Crippen molar-refractivity contribution >= 4 is 42.2 Å². The molecule has 0 saturated carbocycles. The SMILES string of the molecule is COc1cc2c(cnn2COCC[Si](C)(C)C)cc1Nc1cc(NC(=O)c2ccccn2)ncn1. The van der Waals surface area contributed by atoms with Crippen molar-refractivity contribution in [1.29, 1.82) is 0 Å². The van der Waals surface area contributed by atoms with Gasteiger partial charge in [-0.25, -0.2) is 14.6 Å². The Morgan fingerprint density at radius 2 is 1.91 bits per heavy atom. The smallest absolute Gasteiger partial charge is 0.275 e. The molecule has 3 heterocycles. The van der Waals surface area contributed by atoms with E-state index in [1.165, 1.54) is 6.33 Å². The Morgan fingerprint density at radius 1 is 1.09 bits per heavy atom. The van der Waals surface area contributed by atoms with Crippen LogP contribution in [0.2, 0.25) is 25.7 Å². The second-order valence-electron chi connectivity index (χ2n) is 9.19. The van der Waals surface area contributed by atoms with Crippen LogP contribution in [0.15, 0.2) is 55.1 Å². The molecule has 3 aromatic heterocycles. The van der Waals surface area contributed by atoms with Gasteiger partial charge in [-0.1, -0.05) is 25.7 Å². The van der Waals surface area contributed by atoms with Crippen molar-refractivity contribution in [2.45, 2.75) is 32.4 Å². The highest BCUT2D eigenvalue weighted by atomic mass is 28.3. The molecule has 4 rings (SSSR count). The first-order valence-electron chi connectivity index (χ1n) is 11.3. The van der Waals surface area contributed by atoms with E-state index in [0.717, 1.165) is 23.6 Å². The van der Waals surface area contributed by atoms with Gasteiger partial charge in [0.1, 0.15) is 36.1 Å². The highest BCUT2D eigenvalue weighted by Crippen LogP contribution is 2.32. The van der Waals surface area contributed by atoms with E-state index >= 15 is 0 Å². The third kappa shape index (κ3) is 6.40. The Bertz CT molecular complexity index is 1310. The van der Waals surface area contributed by atoms with Crippen molar-refractivity contribution in [3.05, 3.63) is 60.8 Å². The first-order valence-corrected chi connectivity index (χ1v) is 15.0. The second-order valence-corrected chi connectivity index (χ2v) is 14.8. The first kappa shape index (κ1) is 24.3. The van der Waals surface area contributed by atoms with Gasteiger partial charge in [0.25, 0.3) is 5.91 Å². The fourth-order valence-corrected chi connectivity index (χ4v) is 4.07. The van der Waals surface area contributed by atoms with Gasteiger partial charge in [-0.05, 0) is 24.2 Å². The van der Waals surface area contributed by atoms with Gasteiger partial charge in [-0.15, -0.1) is 0 Å². The zero-order valence-electron chi connectivity index (χ0n) is 20.3. The Morgan fingerprint density at radius 3 is 2.66 bits per heavy atom. The van der Waals surface area contributed by atoms with Crippen LogP contribution >= 0.6 is 0 Å². The van der Waals surface area contributed by atoms with Gasteiger partial charge in [-0.3, -0.25) is 9.78 Å². The summed E-state index contributed by atoms with van der Waals surface area (Å²) in [5.74, 6) is 1.12. The van der Waals surface area contributed by atoms with Crippen molar-refractivity contribution in [2.75, 3.05) is 24.4 Å². The standard InChI is InChI=1S/C24H29N7O3Si/c1-33-21-12-20-17(14-28-31(20)16-34-9-10-35(2,3)4)11-19(21)29-22-13-23(27-15-26-22)30-24(32)18-7-5-6-8-25-18/h5-8,11-15H,9-10,16H2,1-4H3,(H2,26,27,29,30,32). The van der Waals surface area contributed by atoms with Gasteiger partial charge >= 0.3 is 0 Å². The van der Waals surface area contributed by atoms with Crippen molar-refractivity contribution < 1.29 is 14.3 Å². The van der Waals surface area contributed by atoms with Crippen LogP contribution in [0.5, 0.6) is 5.75 Å². The summed E-state index contributed by atoms with van der Waals surface area (Å²) in [6.45, 7) is 8.09. The molecular weight excluding hydrogens is 462 g/mol. The molecule has 0 bridgehead atoms. The molecular formula is C24H29N7O3Si. The lowest BCUT2D eigenvalue weighted by atomic mass is 10.2. The minimum Gasteiger partial charge on any atom is -0.494 e. The number of aromatic nitrogens is 5. The molecule has 0 spiro atoms. The molecule has 0 aliphatic carbocycles. The van der Waals surface area contributed by atoms with Crippen LogP contribution in [-0.4, -0.2) is 52.4 Å². The van der Waals surface area contributed by atoms with Crippen molar-refractivity contribution in [3.63, 3.8) is 0 Å². The summed E-state index contributed by atoms with van der Waals surface area (Å²) >= 11 is 0. The number of hydrogen-bond donors (Lipinski definition) is 2. The molecule has 0 saturated heterocycles. The van der Waals surface area contributed by atoms with E-state index in [-0.39, 0.29) is 5.91 Å². The predicted molar refractivity (Wildman–Crippen MR) is 138 cm³/mol. The largest absolute Gasteiger partial charge is 0.494 e. The lowest BCUT2D eigenvalue weighted by Gasteiger charge is -2.15. The number of anilines is 3. The summed E-state index contributed by atoms with van der Waals surface area (Å²) in [4.78, 5) is 24.8. The van der Waals surface area contributed by atoms with Crippen molar-refractivity contribution in [3.8, 4) is 5.75 Å². The number of benzene rings is 1. The maximum absolute atomic E-state index is 12.4. The lowest BCUT2D eigenvalue weighted by molar-refractivity contribution is 0.0817. The highest BCUT2D eigenvalue weighted by Gasteiger charge is 2.14. The topological polar surface area (TPSA) is 116 Å². The number of pyridine rings is 1. The van der Waals surface area contributed by atoms with Crippen LogP contribution in [0.4, 0.5) is 17.3 Å². The Hall–Kier alpha value is -3.83. The number of nitrogens with one attached hydrogen (secondary N) is 2. The van der Waals surface area contributed by atoms with E-state index in [9.17, 15) is 4.79 Å². The molecule has 0 radical (unpaired) electrons. The van der Waals surface area contributed by atoms with Gasteiger partial charge in [0, 0.05) is 38.4 Å². The zero-order valence-corrected chi connectivity index (χ0v) is 21.3. The third-order valence-corrected chi connectivity index (χ3v) is 6.95. The first-order chi connectivity index (χ1) is 16.8. The van der Waals surface area contributed by atoms with Crippen LogP contribution in [0.1, 0.15) is 10.5 Å². The predicted octanol–water partition coefficient (Wildman–Crippen LogP) is 4.54. The van der Waals surface area contributed by atoms with E-state index in [0.29, 0.717) is 35.5 Å². The summed E-state index contributed by atoms with van der Waals surface area (Å²) in [5.41, 5.74) is 1.92. The Labute approximate surface area is 204 Å². The van der Waals surface area contributed by atoms with E-state index in [1.807, 2.05) is 16.8 Å². The fourth-order valence-electron chi connectivity index (χ4n) is 3.32. The maximum atomic E-state index is 12.4. The fraction of sp³-hybridized carbons (Fsp3) is 0.292. The molecule has 182 valence electrons. The van der Waals surface area contributed by atoms with Crippen LogP contribution < -0.4 is 15.4 Å². The molecule has 0 atom stereocenters. The molecule has 0 fully saturated rings. The number of nitrogens with zero attached hydrogens (tertiary/aromatic N) is 5. The molecule has 2 N–H and O–H groups in total. The van der Waals surface area contributed by atoms with E-state index < -0.39 is 8.07 Å². The van der Waals surface area contributed by atoms with Gasteiger partial charge in [-0.2, -0.15) is 5.10 Å². The molecule has 0 unspecified atom stereocenters. The van der Waals surface area contributed by atoms with Crippen LogP contribution in [0.25, 0.3) is 10.9 Å². The normalized spacial score (nSPS) is 11.4. The number of carbonyl (C=O) groups is 1. The monoisotopic (exact) mass is 491 g/mol. The highest BCUT2D eigenvalue weighted by molar-refractivity contribution is 6.76. The van der Waals surface area contributed by atoms with E-state index in [2.05, 4.69) is 50.3 Å². The van der Waals surface area contributed by atoms with E-state index in [1.54, 1.807) is 43.8 Å². The van der Waals surface area contributed by atoms with Gasteiger partial charge in [0.05, 0.1) is 24.5 Å². The number of hydrogen-bond acceptors (Lipinski definition) is 8. The van der Waals surface area contributed by atoms with Crippen molar-refractivity contribution in [1.82, 2.24) is 24.7 Å². The summed E-state index contributed by atoms with van der Waals surface area (Å²) in [6, 6.07) is 11.7.